The Labute approximate surface area is 104 Å². The van der Waals surface area contributed by atoms with Gasteiger partial charge in [0.2, 0.25) is 0 Å². The average molecular weight is 239 g/mol. The second kappa shape index (κ2) is 4.58. The summed E-state index contributed by atoms with van der Waals surface area (Å²) in [6.07, 6.45) is 2.48. The Morgan fingerprint density at radius 2 is 2.06 bits per heavy atom. The van der Waals surface area contributed by atoms with Gasteiger partial charge in [0.1, 0.15) is 5.58 Å². The van der Waals surface area contributed by atoms with Gasteiger partial charge in [-0.3, -0.25) is 0 Å². The van der Waals surface area contributed by atoms with Gasteiger partial charge in [0.15, 0.2) is 11.6 Å². The molecule has 90 valence electrons. The van der Waals surface area contributed by atoms with Gasteiger partial charge in [-0.15, -0.1) is 0 Å². The van der Waals surface area contributed by atoms with Gasteiger partial charge in [0.25, 0.3) is 0 Å². The smallest absolute Gasteiger partial charge is 0.195 e. The van der Waals surface area contributed by atoms with Crippen molar-refractivity contribution in [3.63, 3.8) is 0 Å². The van der Waals surface area contributed by atoms with Crippen LogP contribution >= 0.6 is 0 Å². The number of hydrogen-bond donors (Lipinski definition) is 1. The van der Waals surface area contributed by atoms with E-state index in [9.17, 15) is 0 Å². The van der Waals surface area contributed by atoms with Crippen LogP contribution in [0.3, 0.4) is 0 Å². The van der Waals surface area contributed by atoms with Gasteiger partial charge in [-0.05, 0) is 24.7 Å². The number of furan rings is 1. The van der Waals surface area contributed by atoms with E-state index in [0.717, 1.165) is 23.1 Å². The molecule has 0 spiro atoms. The molecular formula is C14H13N3O. The van der Waals surface area contributed by atoms with E-state index in [1.165, 1.54) is 0 Å². The molecular weight excluding hydrogens is 226 g/mol. The Morgan fingerprint density at radius 3 is 2.89 bits per heavy atom. The highest BCUT2D eigenvalue weighted by atomic mass is 16.3. The summed E-state index contributed by atoms with van der Waals surface area (Å²) < 4.78 is 5.73. The van der Waals surface area contributed by atoms with E-state index in [1.807, 2.05) is 36.4 Å². The normalized spacial score (nSPS) is 10.9. The molecule has 0 aliphatic heterocycles. The highest BCUT2D eigenvalue weighted by Crippen LogP contribution is 2.25. The zero-order chi connectivity index (χ0) is 12.4. The molecule has 0 saturated heterocycles. The highest BCUT2D eigenvalue weighted by molar-refractivity contribution is 5.81. The van der Waals surface area contributed by atoms with Crippen LogP contribution in [0.5, 0.6) is 0 Å². The van der Waals surface area contributed by atoms with Gasteiger partial charge in [0, 0.05) is 23.7 Å². The van der Waals surface area contributed by atoms with E-state index in [4.69, 9.17) is 10.2 Å². The summed E-state index contributed by atoms with van der Waals surface area (Å²) >= 11 is 0. The monoisotopic (exact) mass is 239 g/mol. The molecule has 0 amide bonds. The molecule has 0 aliphatic carbocycles. The zero-order valence-electron chi connectivity index (χ0n) is 9.84. The van der Waals surface area contributed by atoms with Crippen molar-refractivity contribution in [2.24, 2.45) is 5.73 Å². The van der Waals surface area contributed by atoms with Gasteiger partial charge >= 0.3 is 0 Å². The van der Waals surface area contributed by atoms with Crippen LogP contribution in [0.25, 0.3) is 22.6 Å². The summed E-state index contributed by atoms with van der Waals surface area (Å²) in [5, 5.41) is 1.06. The Hall–Kier alpha value is -2.20. The van der Waals surface area contributed by atoms with Crippen molar-refractivity contribution in [2.75, 3.05) is 6.54 Å². The molecule has 4 heteroatoms. The first-order chi connectivity index (χ1) is 8.86. The molecule has 0 atom stereocenters. The lowest BCUT2D eigenvalue weighted by atomic mass is 10.2. The second-order valence-corrected chi connectivity index (χ2v) is 4.06. The first kappa shape index (κ1) is 10.9. The third kappa shape index (κ3) is 1.98. The molecule has 0 radical (unpaired) electrons. The Bertz CT molecular complexity index is 642. The first-order valence-corrected chi connectivity index (χ1v) is 5.88. The maximum atomic E-state index is 5.73. The summed E-state index contributed by atoms with van der Waals surface area (Å²) in [4.78, 5) is 8.68. The molecule has 3 rings (SSSR count). The molecule has 2 aromatic heterocycles. The number of hydrogen-bond acceptors (Lipinski definition) is 4. The van der Waals surface area contributed by atoms with Crippen LogP contribution < -0.4 is 5.73 Å². The number of benzene rings is 1. The van der Waals surface area contributed by atoms with E-state index >= 15 is 0 Å². The topological polar surface area (TPSA) is 64.9 Å². The second-order valence-electron chi connectivity index (χ2n) is 4.06. The van der Waals surface area contributed by atoms with Crippen LogP contribution in [0.1, 0.15) is 5.69 Å². The van der Waals surface area contributed by atoms with Crippen LogP contribution in [0.4, 0.5) is 0 Å². The average Bonchev–Trinajstić information content (AvgIpc) is 2.83. The predicted molar refractivity (Wildman–Crippen MR) is 70.0 cm³/mol. The Morgan fingerprint density at radius 1 is 1.17 bits per heavy atom. The van der Waals surface area contributed by atoms with Crippen molar-refractivity contribution in [2.45, 2.75) is 6.42 Å². The number of aromatic nitrogens is 2. The molecule has 0 saturated carbocycles. The molecule has 2 heterocycles. The van der Waals surface area contributed by atoms with E-state index in [1.54, 1.807) is 6.20 Å². The van der Waals surface area contributed by atoms with Gasteiger partial charge < -0.3 is 10.2 Å². The van der Waals surface area contributed by atoms with Crippen molar-refractivity contribution in [3.8, 4) is 11.6 Å². The molecule has 3 aromatic rings. The fourth-order valence-corrected chi connectivity index (χ4v) is 1.89. The number of para-hydroxylation sites is 1. The van der Waals surface area contributed by atoms with Gasteiger partial charge in [0.05, 0.1) is 0 Å². The Kier molecular flexibility index (Phi) is 2.78. The fraction of sp³-hybridized carbons (Fsp3) is 0.143. The predicted octanol–water partition coefficient (Wildman–Crippen LogP) is 2.39. The summed E-state index contributed by atoms with van der Waals surface area (Å²) in [6, 6.07) is 11.7. The molecule has 0 aliphatic rings. The molecule has 0 bridgehead atoms. The zero-order valence-corrected chi connectivity index (χ0v) is 9.84. The van der Waals surface area contributed by atoms with Gasteiger partial charge in [-0.2, -0.15) is 0 Å². The number of rotatable bonds is 3. The lowest BCUT2D eigenvalue weighted by Crippen LogP contribution is -2.05. The van der Waals surface area contributed by atoms with Crippen LogP contribution in [0, 0.1) is 0 Å². The summed E-state index contributed by atoms with van der Waals surface area (Å²) in [7, 11) is 0. The Balaban J connectivity index is 2.05. The van der Waals surface area contributed by atoms with Crippen molar-refractivity contribution in [3.05, 3.63) is 48.3 Å². The number of nitrogens with zero attached hydrogens (tertiary/aromatic N) is 2. The lowest BCUT2D eigenvalue weighted by Gasteiger charge is -1.99. The molecule has 0 unspecified atom stereocenters. The summed E-state index contributed by atoms with van der Waals surface area (Å²) in [5.41, 5.74) is 7.31. The van der Waals surface area contributed by atoms with E-state index in [-0.39, 0.29) is 0 Å². The minimum atomic E-state index is 0.580. The van der Waals surface area contributed by atoms with Crippen molar-refractivity contribution < 1.29 is 4.42 Å². The van der Waals surface area contributed by atoms with Crippen LogP contribution in [0.2, 0.25) is 0 Å². The van der Waals surface area contributed by atoms with Gasteiger partial charge in [-0.1, -0.05) is 18.2 Å². The molecule has 1 aromatic carbocycles. The minimum Gasteiger partial charge on any atom is -0.453 e. The van der Waals surface area contributed by atoms with Crippen molar-refractivity contribution in [1.29, 1.82) is 0 Å². The van der Waals surface area contributed by atoms with E-state index < -0.39 is 0 Å². The van der Waals surface area contributed by atoms with Gasteiger partial charge in [-0.25, -0.2) is 9.97 Å². The third-order valence-corrected chi connectivity index (χ3v) is 2.76. The molecule has 0 fully saturated rings. The largest absolute Gasteiger partial charge is 0.453 e. The van der Waals surface area contributed by atoms with Crippen molar-refractivity contribution in [1.82, 2.24) is 9.97 Å². The fourth-order valence-electron chi connectivity index (χ4n) is 1.89. The van der Waals surface area contributed by atoms with Crippen LogP contribution in [-0.4, -0.2) is 16.5 Å². The standard InChI is InChI=1S/C14H13N3O/c15-7-5-11-6-8-16-14(17-11)13-9-10-3-1-2-4-12(10)18-13/h1-4,6,8-9H,5,7,15H2. The third-order valence-electron chi connectivity index (χ3n) is 2.76. The van der Waals surface area contributed by atoms with E-state index in [0.29, 0.717) is 18.1 Å². The lowest BCUT2D eigenvalue weighted by molar-refractivity contribution is 0.624. The van der Waals surface area contributed by atoms with Crippen LogP contribution in [-0.2, 0) is 6.42 Å². The SMILES string of the molecule is NCCc1ccnc(-c2cc3ccccc3o2)n1. The quantitative estimate of drug-likeness (QED) is 0.762. The van der Waals surface area contributed by atoms with E-state index in [2.05, 4.69) is 9.97 Å². The maximum Gasteiger partial charge on any atom is 0.195 e. The summed E-state index contributed by atoms with van der Waals surface area (Å²) in [6.45, 7) is 0.580. The van der Waals surface area contributed by atoms with Crippen LogP contribution in [0.15, 0.2) is 47.0 Å². The molecule has 18 heavy (non-hydrogen) atoms. The number of nitrogens with two attached hydrogens (primary N) is 1. The van der Waals surface area contributed by atoms with Crippen molar-refractivity contribution >= 4 is 11.0 Å². The first-order valence-electron chi connectivity index (χ1n) is 5.88. The number of fused-ring (bicyclic) bond motifs is 1. The summed E-state index contributed by atoms with van der Waals surface area (Å²) in [5.74, 6) is 1.30. The molecule has 4 nitrogen and oxygen atoms in total. The molecule has 2 N–H and O–H groups in total. The minimum absolute atomic E-state index is 0.580. The maximum absolute atomic E-state index is 5.73. The highest BCUT2D eigenvalue weighted by Gasteiger charge is 2.08.